The minimum atomic E-state index is -0.824. The van der Waals surface area contributed by atoms with Crippen LogP contribution >= 0.6 is 0 Å². The summed E-state index contributed by atoms with van der Waals surface area (Å²) >= 11 is 0. The Bertz CT molecular complexity index is 1030. The van der Waals surface area contributed by atoms with E-state index in [1.165, 1.54) is 24.1 Å². The van der Waals surface area contributed by atoms with Crippen molar-refractivity contribution in [3.8, 4) is 17.1 Å². The third kappa shape index (κ3) is 3.22. The molecule has 7 heteroatoms. The van der Waals surface area contributed by atoms with Gasteiger partial charge in [0.25, 0.3) is 11.8 Å². The van der Waals surface area contributed by atoms with Gasteiger partial charge in [0.2, 0.25) is 0 Å². The first-order chi connectivity index (χ1) is 13.6. The van der Waals surface area contributed by atoms with Crippen molar-refractivity contribution in [2.45, 2.75) is 6.10 Å². The summed E-state index contributed by atoms with van der Waals surface area (Å²) < 4.78 is 24.5. The molecule has 0 radical (unpaired) electrons. The van der Waals surface area contributed by atoms with Crippen LogP contribution in [-0.2, 0) is 4.79 Å². The molecule has 6 nitrogen and oxygen atoms in total. The highest BCUT2D eigenvalue weighted by Crippen LogP contribution is 2.34. The number of hydrogen-bond acceptors (Lipinski definition) is 4. The molecule has 0 fully saturated rings. The summed E-state index contributed by atoms with van der Waals surface area (Å²) in [6.45, 7) is 0.0576. The van der Waals surface area contributed by atoms with Gasteiger partial charge in [-0.3, -0.25) is 14.5 Å². The van der Waals surface area contributed by atoms with Crippen molar-refractivity contribution in [3.63, 3.8) is 0 Å². The summed E-state index contributed by atoms with van der Waals surface area (Å²) in [5.41, 5.74) is 1.22. The second kappa shape index (κ2) is 7.19. The van der Waals surface area contributed by atoms with Crippen LogP contribution < -0.4 is 15.0 Å². The highest BCUT2D eigenvalue weighted by atomic mass is 19.1. The van der Waals surface area contributed by atoms with Gasteiger partial charge in [0.15, 0.2) is 11.9 Å². The molecule has 2 amide bonds. The number of para-hydroxylation sites is 2. The Morgan fingerprint density at radius 1 is 1.07 bits per heavy atom. The number of carbonyl (C=O) groups is 2. The van der Waals surface area contributed by atoms with Crippen LogP contribution in [0.15, 0.2) is 65.1 Å². The molecule has 142 valence electrons. The van der Waals surface area contributed by atoms with Crippen molar-refractivity contribution >= 4 is 17.5 Å². The molecule has 0 bridgehead atoms. The van der Waals surface area contributed by atoms with Gasteiger partial charge < -0.3 is 14.5 Å². The quantitative estimate of drug-likeness (QED) is 0.757. The van der Waals surface area contributed by atoms with Gasteiger partial charge >= 0.3 is 0 Å². The van der Waals surface area contributed by atoms with Crippen LogP contribution in [0.25, 0.3) is 11.3 Å². The molecule has 0 saturated carbocycles. The number of nitrogens with zero attached hydrogens (tertiary/aromatic N) is 1. The number of halogens is 1. The van der Waals surface area contributed by atoms with Crippen molar-refractivity contribution < 1.29 is 23.1 Å². The van der Waals surface area contributed by atoms with Crippen LogP contribution in [0, 0.1) is 5.82 Å². The van der Waals surface area contributed by atoms with Crippen LogP contribution in [0.2, 0.25) is 0 Å². The SMILES string of the molecule is CNC(=O)[C@H]1CN(C(=O)c2ccc(-c3ccc(F)cc3)o2)c2ccccc2O1. The van der Waals surface area contributed by atoms with Crippen LogP contribution in [0.4, 0.5) is 10.1 Å². The molecule has 1 N–H and O–H groups in total. The fourth-order valence-electron chi connectivity index (χ4n) is 3.08. The normalized spacial score (nSPS) is 15.5. The lowest BCUT2D eigenvalue weighted by Crippen LogP contribution is -2.50. The summed E-state index contributed by atoms with van der Waals surface area (Å²) in [4.78, 5) is 26.6. The predicted octanol–water partition coefficient (Wildman–Crippen LogP) is 3.24. The van der Waals surface area contributed by atoms with E-state index in [0.717, 1.165) is 0 Å². The number of hydrogen-bond donors (Lipinski definition) is 1. The molecule has 1 aliphatic heterocycles. The van der Waals surface area contributed by atoms with Crippen molar-refractivity contribution in [2.24, 2.45) is 0 Å². The molecular formula is C21H17FN2O4. The first kappa shape index (κ1) is 17.8. The lowest BCUT2D eigenvalue weighted by Gasteiger charge is -2.33. The maximum Gasteiger partial charge on any atom is 0.294 e. The Balaban J connectivity index is 1.65. The maximum absolute atomic E-state index is 13.1. The fourth-order valence-corrected chi connectivity index (χ4v) is 3.08. The molecule has 0 saturated heterocycles. The van der Waals surface area contributed by atoms with Crippen molar-refractivity contribution in [2.75, 3.05) is 18.5 Å². The van der Waals surface area contributed by atoms with Crippen LogP contribution in [0.1, 0.15) is 10.6 Å². The number of carbonyl (C=O) groups excluding carboxylic acids is 2. The number of fused-ring (bicyclic) bond motifs is 1. The molecular weight excluding hydrogens is 363 g/mol. The van der Waals surface area contributed by atoms with Gasteiger partial charge in [0, 0.05) is 12.6 Å². The van der Waals surface area contributed by atoms with E-state index < -0.39 is 12.0 Å². The van der Waals surface area contributed by atoms with Crippen molar-refractivity contribution in [1.82, 2.24) is 5.32 Å². The predicted molar refractivity (Wildman–Crippen MR) is 101 cm³/mol. The van der Waals surface area contributed by atoms with E-state index in [2.05, 4.69) is 5.32 Å². The summed E-state index contributed by atoms with van der Waals surface area (Å²) in [6.07, 6.45) is -0.824. The van der Waals surface area contributed by atoms with E-state index in [-0.39, 0.29) is 24.0 Å². The number of furan rings is 1. The number of ether oxygens (including phenoxy) is 1. The molecule has 1 atom stereocenters. The summed E-state index contributed by atoms with van der Waals surface area (Å²) in [5, 5.41) is 2.54. The Labute approximate surface area is 160 Å². The van der Waals surface area contributed by atoms with E-state index in [1.807, 2.05) is 0 Å². The number of benzene rings is 2. The number of nitrogens with one attached hydrogen (secondary N) is 1. The highest BCUT2D eigenvalue weighted by Gasteiger charge is 2.34. The molecule has 1 aliphatic rings. The molecule has 2 heterocycles. The van der Waals surface area contributed by atoms with Crippen molar-refractivity contribution in [1.29, 1.82) is 0 Å². The number of amides is 2. The molecule has 4 rings (SSSR count). The van der Waals surface area contributed by atoms with E-state index in [1.54, 1.807) is 48.5 Å². The molecule has 1 aromatic heterocycles. The zero-order valence-corrected chi connectivity index (χ0v) is 15.0. The Hall–Kier alpha value is -3.61. The zero-order valence-electron chi connectivity index (χ0n) is 15.0. The maximum atomic E-state index is 13.1. The van der Waals surface area contributed by atoms with Gasteiger partial charge in [-0.1, -0.05) is 12.1 Å². The van der Waals surface area contributed by atoms with Gasteiger partial charge in [-0.2, -0.15) is 0 Å². The Kier molecular flexibility index (Phi) is 4.57. The van der Waals surface area contributed by atoms with Gasteiger partial charge in [0.05, 0.1) is 12.2 Å². The third-order valence-corrected chi connectivity index (χ3v) is 4.50. The third-order valence-electron chi connectivity index (χ3n) is 4.50. The number of likely N-dealkylation sites (N-methyl/N-ethyl adjacent to an activating group) is 1. The molecule has 0 unspecified atom stereocenters. The summed E-state index contributed by atoms with van der Waals surface area (Å²) in [7, 11) is 1.51. The summed E-state index contributed by atoms with van der Waals surface area (Å²) in [6, 6.07) is 16.0. The van der Waals surface area contributed by atoms with Crippen molar-refractivity contribution in [3.05, 3.63) is 72.2 Å². The lowest BCUT2D eigenvalue weighted by molar-refractivity contribution is -0.127. The smallest absolute Gasteiger partial charge is 0.294 e. The minimum absolute atomic E-state index is 0.0576. The average molecular weight is 380 g/mol. The first-order valence-electron chi connectivity index (χ1n) is 8.72. The van der Waals surface area contributed by atoms with Gasteiger partial charge in [0.1, 0.15) is 17.3 Å². The second-order valence-corrected chi connectivity index (χ2v) is 6.28. The molecule has 2 aromatic carbocycles. The number of anilines is 1. The summed E-state index contributed by atoms with van der Waals surface area (Å²) in [5.74, 6) is -0.0472. The lowest BCUT2D eigenvalue weighted by atomic mass is 10.1. The Morgan fingerprint density at radius 3 is 2.57 bits per heavy atom. The standard InChI is InChI=1S/C21H17FN2O4/c1-23-20(25)19-12-24(15-4-2-3-5-17(15)28-19)21(26)18-11-10-16(27-18)13-6-8-14(22)9-7-13/h2-11,19H,12H2,1H3,(H,23,25)/t19-/m1/s1. The van der Waals surface area contributed by atoms with Gasteiger partial charge in [-0.25, -0.2) is 4.39 Å². The van der Waals surface area contributed by atoms with E-state index in [9.17, 15) is 14.0 Å². The monoisotopic (exact) mass is 380 g/mol. The zero-order chi connectivity index (χ0) is 19.7. The second-order valence-electron chi connectivity index (χ2n) is 6.28. The van der Waals surface area contributed by atoms with Crippen LogP contribution in [-0.4, -0.2) is 31.5 Å². The van der Waals surface area contributed by atoms with E-state index >= 15 is 0 Å². The first-order valence-corrected chi connectivity index (χ1v) is 8.72. The Morgan fingerprint density at radius 2 is 1.82 bits per heavy atom. The number of rotatable bonds is 3. The van der Waals surface area contributed by atoms with Crippen LogP contribution in [0.5, 0.6) is 5.75 Å². The molecule has 3 aromatic rings. The van der Waals surface area contributed by atoms with Crippen LogP contribution in [0.3, 0.4) is 0 Å². The molecule has 0 spiro atoms. The molecule has 0 aliphatic carbocycles. The van der Waals surface area contributed by atoms with Gasteiger partial charge in [-0.15, -0.1) is 0 Å². The van der Waals surface area contributed by atoms with Gasteiger partial charge in [-0.05, 0) is 48.5 Å². The topological polar surface area (TPSA) is 71.8 Å². The van der Waals surface area contributed by atoms with E-state index in [4.69, 9.17) is 9.15 Å². The largest absolute Gasteiger partial charge is 0.477 e. The van der Waals surface area contributed by atoms with E-state index in [0.29, 0.717) is 22.8 Å². The molecule has 28 heavy (non-hydrogen) atoms. The average Bonchev–Trinajstić information content (AvgIpc) is 3.22. The fraction of sp³-hybridized carbons (Fsp3) is 0.143. The highest BCUT2D eigenvalue weighted by molar-refractivity contribution is 6.06. The minimum Gasteiger partial charge on any atom is -0.477 e.